The van der Waals surface area contributed by atoms with E-state index in [9.17, 15) is 0 Å². The van der Waals surface area contributed by atoms with Crippen LogP contribution in [0.3, 0.4) is 0 Å². The first-order valence-corrected chi connectivity index (χ1v) is 20.3. The first kappa shape index (κ1) is 30.1. The van der Waals surface area contributed by atoms with Crippen LogP contribution in [0.4, 0.5) is 17.1 Å². The molecule has 0 saturated heterocycles. The molecule has 0 atom stereocenters. The molecule has 0 amide bonds. The fourth-order valence-electron chi connectivity index (χ4n) is 8.20. The average molecular weight is 718 g/mol. The Balaban J connectivity index is 1.34. The Morgan fingerprint density at radius 1 is 0.423 bits per heavy atom. The Hall–Kier alpha value is -5.52. The Morgan fingerprint density at radius 2 is 1.08 bits per heavy atom. The number of nitrogens with zero attached hydrogens (tertiary/aromatic N) is 1. The maximum Gasteiger partial charge on any atom is 0.0641 e. The molecule has 0 saturated carbocycles. The average Bonchev–Trinajstić information content (AvgIpc) is 3.91. The maximum atomic E-state index is 2.65. The quantitative estimate of drug-likeness (QED) is 0.171. The molecule has 11 rings (SSSR count). The molecule has 0 aliphatic heterocycles. The molecule has 246 valence electrons. The largest absolute Gasteiger partial charge is 0.307 e. The van der Waals surface area contributed by atoms with Gasteiger partial charge in [0.25, 0.3) is 0 Å². The minimum absolute atomic E-state index is 1.05. The smallest absolute Gasteiger partial charge is 0.0641 e. The van der Waals surface area contributed by atoms with Gasteiger partial charge >= 0.3 is 0 Å². The molecule has 0 unspecified atom stereocenters. The van der Waals surface area contributed by atoms with Crippen molar-refractivity contribution >= 4 is 117 Å². The van der Waals surface area contributed by atoms with E-state index in [-0.39, 0.29) is 0 Å². The lowest BCUT2D eigenvalue weighted by Gasteiger charge is -2.31. The van der Waals surface area contributed by atoms with Gasteiger partial charge in [-0.2, -0.15) is 0 Å². The first-order valence-electron chi connectivity index (χ1n) is 17.8. The predicted octanol–water partition coefficient (Wildman–Crippen LogP) is 15.7. The molecule has 1 aliphatic carbocycles. The van der Waals surface area contributed by atoms with Crippen molar-refractivity contribution in [2.45, 2.75) is 12.8 Å². The summed E-state index contributed by atoms with van der Waals surface area (Å²) in [4.78, 5) is 2.65. The summed E-state index contributed by atoms with van der Waals surface area (Å²) in [5.74, 6) is 0. The SMILES string of the molecule is C1=CC(c2ccc3sc4ccccc4c3c2N(c2cccc3c2sc2ccccc23)c2ccc(-c3ccccc3)c3sc4ccccc4c23)=CCC1. The van der Waals surface area contributed by atoms with Crippen LogP contribution in [-0.2, 0) is 0 Å². The fraction of sp³-hybridized carbons (Fsp3) is 0.0417. The Morgan fingerprint density at radius 3 is 1.87 bits per heavy atom. The van der Waals surface area contributed by atoms with Crippen LogP contribution in [-0.4, -0.2) is 0 Å². The zero-order valence-corrected chi connectivity index (χ0v) is 30.6. The van der Waals surface area contributed by atoms with E-state index >= 15 is 0 Å². The third kappa shape index (κ3) is 4.58. The van der Waals surface area contributed by atoms with E-state index in [2.05, 4.69) is 169 Å². The lowest BCUT2D eigenvalue weighted by Crippen LogP contribution is -2.13. The van der Waals surface area contributed by atoms with E-state index in [4.69, 9.17) is 0 Å². The third-order valence-corrected chi connectivity index (χ3v) is 14.0. The van der Waals surface area contributed by atoms with Crippen molar-refractivity contribution in [2.75, 3.05) is 4.90 Å². The number of hydrogen-bond acceptors (Lipinski definition) is 4. The molecular formula is C48H31NS3. The van der Waals surface area contributed by atoms with Gasteiger partial charge in [-0.15, -0.1) is 34.0 Å². The zero-order chi connectivity index (χ0) is 34.2. The van der Waals surface area contributed by atoms with Gasteiger partial charge in [0.1, 0.15) is 0 Å². The number of hydrogen-bond donors (Lipinski definition) is 0. The minimum atomic E-state index is 1.05. The molecule has 10 aromatic rings. The normalized spacial score (nSPS) is 13.3. The van der Waals surface area contributed by atoms with E-state index in [1.165, 1.54) is 99.8 Å². The van der Waals surface area contributed by atoms with Crippen LogP contribution in [0.1, 0.15) is 18.4 Å². The van der Waals surface area contributed by atoms with Crippen molar-refractivity contribution in [1.29, 1.82) is 0 Å². The van der Waals surface area contributed by atoms with Gasteiger partial charge in [0.05, 0.1) is 21.8 Å². The highest BCUT2D eigenvalue weighted by Gasteiger charge is 2.28. The van der Waals surface area contributed by atoms with Crippen molar-refractivity contribution in [3.05, 3.63) is 169 Å². The van der Waals surface area contributed by atoms with Gasteiger partial charge in [-0.1, -0.05) is 127 Å². The number of allylic oxidation sites excluding steroid dienone is 4. The standard InChI is InChI=1S/C48H31NS3/c1-3-14-30(15-4-1)32-27-29-43-45(37-20-9-11-24-41(37)50-43)46(32)49(39-22-13-21-35-34-18-7-10-23-40(34)51-47(35)39)38-28-26-33(31-16-5-2-6-17-31)48-44(38)36-19-8-12-25-42(36)52-48/h2-3,5-29H,1,4H2. The van der Waals surface area contributed by atoms with E-state index in [0.29, 0.717) is 0 Å². The Kier molecular flexibility index (Phi) is 6.97. The van der Waals surface area contributed by atoms with Gasteiger partial charge in [-0.05, 0) is 65.9 Å². The second-order valence-electron chi connectivity index (χ2n) is 13.5. The molecule has 0 bridgehead atoms. The summed E-state index contributed by atoms with van der Waals surface area (Å²) in [5.41, 5.74) is 8.76. The van der Waals surface area contributed by atoms with E-state index < -0.39 is 0 Å². The molecule has 52 heavy (non-hydrogen) atoms. The molecular weight excluding hydrogens is 687 g/mol. The van der Waals surface area contributed by atoms with Crippen molar-refractivity contribution in [2.24, 2.45) is 0 Å². The zero-order valence-electron chi connectivity index (χ0n) is 28.2. The van der Waals surface area contributed by atoms with Crippen LogP contribution in [0.15, 0.2) is 164 Å². The first-order chi connectivity index (χ1) is 25.8. The number of thiophene rings is 3. The lowest BCUT2D eigenvalue weighted by atomic mass is 9.93. The van der Waals surface area contributed by atoms with Gasteiger partial charge in [-0.3, -0.25) is 0 Å². The summed E-state index contributed by atoms with van der Waals surface area (Å²) < 4.78 is 7.86. The lowest BCUT2D eigenvalue weighted by molar-refractivity contribution is 1.04. The van der Waals surface area contributed by atoms with Crippen LogP contribution >= 0.6 is 34.0 Å². The van der Waals surface area contributed by atoms with Crippen molar-refractivity contribution in [3.63, 3.8) is 0 Å². The third-order valence-electron chi connectivity index (χ3n) is 10.5. The molecule has 0 N–H and O–H groups in total. The number of anilines is 3. The summed E-state index contributed by atoms with van der Waals surface area (Å²) in [6.45, 7) is 0. The van der Waals surface area contributed by atoms with Gasteiger partial charge in [-0.25, -0.2) is 0 Å². The van der Waals surface area contributed by atoms with E-state index in [1.807, 2.05) is 34.0 Å². The Labute approximate surface area is 313 Å². The van der Waals surface area contributed by atoms with Crippen LogP contribution < -0.4 is 4.90 Å². The number of rotatable bonds is 5. The number of fused-ring (bicyclic) bond motifs is 9. The Bertz CT molecular complexity index is 3080. The highest BCUT2D eigenvalue weighted by atomic mass is 32.1. The van der Waals surface area contributed by atoms with E-state index in [1.54, 1.807) is 0 Å². The van der Waals surface area contributed by atoms with Gasteiger partial charge < -0.3 is 4.90 Å². The molecule has 1 nitrogen and oxygen atoms in total. The molecule has 0 radical (unpaired) electrons. The predicted molar refractivity (Wildman–Crippen MR) is 232 cm³/mol. The van der Waals surface area contributed by atoms with Crippen LogP contribution in [0.5, 0.6) is 0 Å². The summed E-state index contributed by atoms with van der Waals surface area (Å²) in [6.07, 6.45) is 9.24. The van der Waals surface area contributed by atoms with Gasteiger partial charge in [0.15, 0.2) is 0 Å². The summed E-state index contributed by atoms with van der Waals surface area (Å²) in [6, 6.07) is 54.1. The maximum absolute atomic E-state index is 2.65. The molecule has 0 fully saturated rings. The highest BCUT2D eigenvalue weighted by molar-refractivity contribution is 7.27. The molecule has 3 heterocycles. The van der Waals surface area contributed by atoms with Crippen molar-refractivity contribution in [1.82, 2.24) is 0 Å². The topological polar surface area (TPSA) is 3.24 Å². The second kappa shape index (κ2) is 12.0. The van der Waals surface area contributed by atoms with Crippen LogP contribution in [0.2, 0.25) is 0 Å². The molecule has 3 aromatic heterocycles. The van der Waals surface area contributed by atoms with Crippen molar-refractivity contribution < 1.29 is 0 Å². The van der Waals surface area contributed by atoms with Gasteiger partial charge in [0, 0.05) is 61.4 Å². The summed E-state index contributed by atoms with van der Waals surface area (Å²) in [5, 5.41) is 7.83. The number of benzene rings is 7. The van der Waals surface area contributed by atoms with E-state index in [0.717, 1.165) is 12.8 Å². The molecule has 0 spiro atoms. The summed E-state index contributed by atoms with van der Waals surface area (Å²) in [7, 11) is 0. The summed E-state index contributed by atoms with van der Waals surface area (Å²) >= 11 is 5.71. The molecule has 4 heteroatoms. The second-order valence-corrected chi connectivity index (χ2v) is 16.6. The van der Waals surface area contributed by atoms with Gasteiger partial charge in [0.2, 0.25) is 0 Å². The molecule has 1 aliphatic rings. The molecule has 7 aromatic carbocycles. The monoisotopic (exact) mass is 717 g/mol. The van der Waals surface area contributed by atoms with Crippen LogP contribution in [0.25, 0.3) is 77.2 Å². The van der Waals surface area contributed by atoms with Crippen molar-refractivity contribution in [3.8, 4) is 11.1 Å². The highest BCUT2D eigenvalue weighted by Crippen LogP contribution is 2.55. The minimum Gasteiger partial charge on any atom is -0.307 e. The fourth-order valence-corrected chi connectivity index (χ4v) is 11.8. The van der Waals surface area contributed by atoms with Crippen LogP contribution in [0, 0.1) is 0 Å².